The van der Waals surface area contributed by atoms with Crippen molar-refractivity contribution in [3.05, 3.63) is 85.5 Å². The van der Waals surface area contributed by atoms with Gasteiger partial charge in [-0.15, -0.1) is 20.5 Å². The molecule has 0 aliphatic heterocycles. The molecule has 0 saturated carbocycles. The van der Waals surface area contributed by atoms with E-state index in [0.29, 0.717) is 0 Å². The topological polar surface area (TPSA) is 192 Å². The standard InChI is InChI=1S/C21H20N2.2ClHO4/c1-3-8-20-16-22(14-10-18(20)6-1)12-5-13-23-15-11-19-7-2-4-9-21(19)17-23;2*2-1(3,4)5/h1-4,6-11,14-17H,5,12-13H2;2*(H,2,3,4,5)/q+2;;/p-2. The lowest BCUT2D eigenvalue weighted by atomic mass is 10.2. The fraction of sp³-hybridized carbons (Fsp3) is 0.143. The molecule has 2 heterocycles. The molecular weight excluding hydrogens is 479 g/mol. The number of nitrogens with zero attached hydrogens (tertiary/aromatic N) is 2. The molecule has 10 nitrogen and oxygen atoms in total. The van der Waals surface area contributed by atoms with Crippen molar-refractivity contribution in [2.24, 2.45) is 0 Å². The average Bonchev–Trinajstić information content (AvgIpc) is 2.71. The van der Waals surface area contributed by atoms with Gasteiger partial charge in [-0.1, -0.05) is 36.4 Å². The Morgan fingerprint density at radius 2 is 0.788 bits per heavy atom. The first kappa shape index (κ1) is 26.8. The van der Waals surface area contributed by atoms with E-state index in [-0.39, 0.29) is 0 Å². The Balaban J connectivity index is 0.000000327. The van der Waals surface area contributed by atoms with Crippen LogP contribution in [0.3, 0.4) is 0 Å². The van der Waals surface area contributed by atoms with Crippen molar-refractivity contribution in [2.45, 2.75) is 19.5 Å². The van der Waals surface area contributed by atoms with Gasteiger partial charge in [-0.05, 0) is 22.9 Å². The first-order valence-electron chi connectivity index (χ1n) is 9.38. The summed E-state index contributed by atoms with van der Waals surface area (Å²) in [6.07, 6.45) is 9.94. The van der Waals surface area contributed by atoms with Gasteiger partial charge in [0.2, 0.25) is 0 Å². The van der Waals surface area contributed by atoms with Crippen molar-refractivity contribution >= 4 is 21.5 Å². The highest BCUT2D eigenvalue weighted by atomic mass is 35.7. The van der Waals surface area contributed by atoms with E-state index in [1.807, 2.05) is 0 Å². The van der Waals surface area contributed by atoms with Gasteiger partial charge in [-0.3, -0.25) is 0 Å². The molecule has 0 aliphatic carbocycles. The minimum Gasteiger partial charge on any atom is -0.222 e. The second-order valence-electron chi connectivity index (χ2n) is 6.73. The lowest BCUT2D eigenvalue weighted by Crippen LogP contribution is -2.68. The zero-order valence-electron chi connectivity index (χ0n) is 17.1. The number of pyridine rings is 2. The molecule has 0 bridgehead atoms. The third-order valence-corrected chi connectivity index (χ3v) is 4.33. The third kappa shape index (κ3) is 11.8. The first-order valence-corrected chi connectivity index (χ1v) is 11.8. The van der Waals surface area contributed by atoms with Crippen LogP contribution in [0.1, 0.15) is 6.42 Å². The Kier molecular flexibility index (Phi) is 9.83. The van der Waals surface area contributed by atoms with Crippen LogP contribution in [0.5, 0.6) is 0 Å². The summed E-state index contributed by atoms with van der Waals surface area (Å²) in [6, 6.07) is 21.4. The molecule has 2 aromatic carbocycles. The molecule has 176 valence electrons. The van der Waals surface area contributed by atoms with E-state index < -0.39 is 20.5 Å². The lowest BCUT2D eigenvalue weighted by molar-refractivity contribution is -2.00. The van der Waals surface area contributed by atoms with Gasteiger partial charge in [0.1, 0.15) is 0 Å². The maximum atomic E-state index is 8.49. The quantitative estimate of drug-likeness (QED) is 0.248. The number of aromatic nitrogens is 2. The third-order valence-electron chi connectivity index (χ3n) is 4.33. The molecule has 0 N–H and O–H groups in total. The molecule has 0 aliphatic rings. The molecule has 0 spiro atoms. The van der Waals surface area contributed by atoms with Gasteiger partial charge >= 0.3 is 0 Å². The fourth-order valence-electron chi connectivity index (χ4n) is 3.07. The van der Waals surface area contributed by atoms with E-state index in [1.54, 1.807) is 0 Å². The van der Waals surface area contributed by atoms with Crippen LogP contribution < -0.4 is 46.4 Å². The highest BCUT2D eigenvalue weighted by molar-refractivity contribution is 5.80. The molecule has 33 heavy (non-hydrogen) atoms. The Labute approximate surface area is 193 Å². The van der Waals surface area contributed by atoms with Crippen LogP contribution in [0.2, 0.25) is 0 Å². The molecule has 12 heteroatoms. The van der Waals surface area contributed by atoms with Crippen molar-refractivity contribution in [2.75, 3.05) is 0 Å². The van der Waals surface area contributed by atoms with Crippen LogP contribution in [-0.2, 0) is 13.1 Å². The van der Waals surface area contributed by atoms with Gasteiger partial charge in [-0.25, -0.2) is 46.4 Å². The van der Waals surface area contributed by atoms with Gasteiger partial charge < -0.3 is 0 Å². The maximum Gasteiger partial charge on any atom is 0.176 e. The van der Waals surface area contributed by atoms with Gasteiger partial charge in [0.25, 0.3) is 0 Å². The number of hydrogen-bond acceptors (Lipinski definition) is 8. The number of rotatable bonds is 4. The molecule has 0 unspecified atom stereocenters. The van der Waals surface area contributed by atoms with Crippen LogP contribution in [0, 0.1) is 20.5 Å². The first-order chi connectivity index (χ1) is 15.4. The Bertz CT molecular complexity index is 1060. The zero-order chi connectivity index (χ0) is 24.5. The van der Waals surface area contributed by atoms with Crippen LogP contribution in [0.15, 0.2) is 85.5 Å². The van der Waals surface area contributed by atoms with Gasteiger partial charge in [0.05, 0.1) is 6.42 Å². The number of benzene rings is 2. The van der Waals surface area contributed by atoms with E-state index >= 15 is 0 Å². The second-order valence-corrected chi connectivity index (χ2v) is 8.24. The summed E-state index contributed by atoms with van der Waals surface area (Å²) >= 11 is 0. The van der Waals surface area contributed by atoms with Crippen molar-refractivity contribution in [1.82, 2.24) is 0 Å². The van der Waals surface area contributed by atoms with Crippen molar-refractivity contribution < 1.29 is 66.9 Å². The van der Waals surface area contributed by atoms with Crippen molar-refractivity contribution in [3.63, 3.8) is 0 Å². The highest BCUT2D eigenvalue weighted by Gasteiger charge is 2.07. The Morgan fingerprint density at radius 3 is 1.12 bits per heavy atom. The van der Waals surface area contributed by atoms with E-state index in [4.69, 9.17) is 37.3 Å². The number of aryl methyl sites for hydroxylation is 2. The van der Waals surface area contributed by atoms with Crippen molar-refractivity contribution in [3.8, 4) is 0 Å². The zero-order valence-corrected chi connectivity index (χ0v) is 18.6. The van der Waals surface area contributed by atoms with E-state index in [9.17, 15) is 0 Å². The van der Waals surface area contributed by atoms with Gasteiger partial charge in [0, 0.05) is 22.9 Å². The molecule has 4 aromatic rings. The summed E-state index contributed by atoms with van der Waals surface area (Å²) < 4.78 is 72.5. The van der Waals surface area contributed by atoms with Gasteiger partial charge in [0.15, 0.2) is 37.9 Å². The number of halogens is 2. The minimum absolute atomic E-state index is 1.03. The molecule has 0 fully saturated rings. The Hall–Kier alpha value is -2.48. The summed E-state index contributed by atoms with van der Waals surface area (Å²) in [7, 11) is -9.89. The van der Waals surface area contributed by atoms with Crippen LogP contribution in [0.4, 0.5) is 0 Å². The minimum atomic E-state index is -4.94. The molecule has 0 atom stereocenters. The highest BCUT2D eigenvalue weighted by Crippen LogP contribution is 2.10. The summed E-state index contributed by atoms with van der Waals surface area (Å²) in [5.74, 6) is 0. The van der Waals surface area contributed by atoms with E-state index in [1.165, 1.54) is 21.5 Å². The fourth-order valence-corrected chi connectivity index (χ4v) is 3.07. The van der Waals surface area contributed by atoms with Crippen LogP contribution >= 0.6 is 0 Å². The smallest absolute Gasteiger partial charge is 0.176 e. The molecule has 4 rings (SSSR count). The summed E-state index contributed by atoms with van der Waals surface area (Å²) in [6.45, 7) is 2.06. The molecule has 0 saturated heterocycles. The SMILES string of the molecule is [O-][Cl+3]([O-])([O-])[O-].[O-][Cl+3]([O-])([O-])[O-].c1ccc2c[n+](CCC[n+]3ccc4ccccc4c3)ccc2c1. The number of fused-ring (bicyclic) bond motifs is 2. The van der Waals surface area contributed by atoms with Crippen LogP contribution in [0.25, 0.3) is 21.5 Å². The second kappa shape index (κ2) is 12.1. The molecule has 0 radical (unpaired) electrons. The summed E-state index contributed by atoms with van der Waals surface area (Å²) in [5.41, 5.74) is 0. The molecular formula is C21H20Cl2N2O8. The maximum absolute atomic E-state index is 8.49. The normalized spacial score (nSPS) is 11.4. The largest absolute Gasteiger partial charge is 0.222 e. The summed E-state index contributed by atoms with van der Waals surface area (Å²) in [5, 5.41) is 5.20. The average molecular weight is 499 g/mol. The van der Waals surface area contributed by atoms with E-state index in [2.05, 4.69) is 94.6 Å². The molecule has 2 aromatic heterocycles. The predicted molar refractivity (Wildman–Crippen MR) is 92.9 cm³/mol. The molecule has 0 amide bonds. The van der Waals surface area contributed by atoms with Gasteiger partial charge in [-0.2, -0.15) is 0 Å². The van der Waals surface area contributed by atoms with Crippen LogP contribution in [-0.4, -0.2) is 0 Å². The number of hydrogen-bond donors (Lipinski definition) is 0. The Morgan fingerprint density at radius 1 is 0.485 bits per heavy atom. The van der Waals surface area contributed by atoms with Crippen molar-refractivity contribution in [1.29, 1.82) is 0 Å². The predicted octanol–water partition coefficient (Wildman–Crippen LogP) is -5.85. The monoisotopic (exact) mass is 498 g/mol. The van der Waals surface area contributed by atoms with E-state index in [0.717, 1.165) is 19.5 Å². The summed E-state index contributed by atoms with van der Waals surface area (Å²) in [4.78, 5) is 0. The lowest BCUT2D eigenvalue weighted by Gasteiger charge is -2.17.